The maximum Gasteiger partial charge on any atom is 0.352 e. The Morgan fingerprint density at radius 2 is 1.94 bits per heavy atom. The Kier molecular flexibility index (Phi) is 3.14. The molecule has 1 aromatic heterocycles. The predicted octanol–water partition coefficient (Wildman–Crippen LogP) is 2.35. The molecule has 1 aromatic carbocycles. The molecule has 0 saturated carbocycles. The van der Waals surface area contributed by atoms with Crippen molar-refractivity contribution in [2.45, 2.75) is 6.42 Å². The highest BCUT2D eigenvalue weighted by molar-refractivity contribution is 6.01. The molecule has 0 unspecified atom stereocenters. The largest absolute Gasteiger partial charge is 0.481 e. The third-order valence-corrected chi connectivity index (χ3v) is 2.54. The van der Waals surface area contributed by atoms with E-state index in [-0.39, 0.29) is 12.1 Å². The van der Waals surface area contributed by atoms with Gasteiger partial charge in [0.15, 0.2) is 0 Å². The van der Waals surface area contributed by atoms with Gasteiger partial charge >= 0.3 is 11.9 Å². The van der Waals surface area contributed by atoms with Gasteiger partial charge in [-0.25, -0.2) is 4.79 Å². The first-order chi connectivity index (χ1) is 8.59. The first-order valence-corrected chi connectivity index (χ1v) is 5.32. The molecule has 3 N–H and O–H groups in total. The third-order valence-electron chi connectivity index (χ3n) is 2.54. The highest BCUT2D eigenvalue weighted by atomic mass is 16.4. The van der Waals surface area contributed by atoms with E-state index in [1.54, 1.807) is 24.3 Å². The first kappa shape index (κ1) is 11.9. The topological polar surface area (TPSA) is 90.4 Å². The molecule has 0 amide bonds. The summed E-state index contributed by atoms with van der Waals surface area (Å²) in [5.74, 6) is -2.02. The van der Waals surface area contributed by atoms with Crippen LogP contribution in [0.3, 0.4) is 0 Å². The van der Waals surface area contributed by atoms with Gasteiger partial charge in [-0.2, -0.15) is 0 Å². The molecule has 5 nitrogen and oxygen atoms in total. The number of para-hydroxylation sites is 1. The van der Waals surface area contributed by atoms with Crippen LogP contribution >= 0.6 is 0 Å². The van der Waals surface area contributed by atoms with Crippen molar-refractivity contribution >= 4 is 28.9 Å². The van der Waals surface area contributed by atoms with E-state index >= 15 is 0 Å². The van der Waals surface area contributed by atoms with Crippen LogP contribution in [0.15, 0.2) is 30.3 Å². The smallest absolute Gasteiger partial charge is 0.352 e. The molecule has 0 aliphatic heterocycles. The van der Waals surface area contributed by atoms with Gasteiger partial charge in [0.1, 0.15) is 5.69 Å². The van der Waals surface area contributed by atoms with E-state index in [0.29, 0.717) is 11.1 Å². The van der Waals surface area contributed by atoms with Crippen molar-refractivity contribution in [3.63, 3.8) is 0 Å². The molecule has 0 fully saturated rings. The monoisotopic (exact) mass is 245 g/mol. The van der Waals surface area contributed by atoms with Crippen molar-refractivity contribution in [2.75, 3.05) is 0 Å². The van der Waals surface area contributed by atoms with E-state index in [0.717, 1.165) is 5.39 Å². The van der Waals surface area contributed by atoms with E-state index in [2.05, 4.69) is 4.98 Å². The van der Waals surface area contributed by atoms with Crippen LogP contribution in [0.25, 0.3) is 17.0 Å². The maximum atomic E-state index is 11.1. The van der Waals surface area contributed by atoms with Crippen molar-refractivity contribution in [1.29, 1.82) is 0 Å². The van der Waals surface area contributed by atoms with Crippen LogP contribution in [0, 0.1) is 0 Å². The molecule has 0 aliphatic carbocycles. The summed E-state index contributed by atoms with van der Waals surface area (Å²) in [7, 11) is 0. The quantitative estimate of drug-likeness (QED) is 0.771. The predicted molar refractivity (Wildman–Crippen MR) is 66.5 cm³/mol. The molecule has 92 valence electrons. The number of carboxylic acids is 2. The summed E-state index contributed by atoms with van der Waals surface area (Å²) in [5, 5.41) is 18.4. The molecule has 0 saturated heterocycles. The zero-order valence-electron chi connectivity index (χ0n) is 9.38. The zero-order valence-corrected chi connectivity index (χ0v) is 9.38. The number of carboxylic acid groups (broad SMARTS) is 2. The molecule has 0 spiro atoms. The first-order valence-electron chi connectivity index (χ1n) is 5.32. The lowest BCUT2D eigenvalue weighted by Gasteiger charge is -1.93. The second-order valence-corrected chi connectivity index (χ2v) is 3.76. The number of aromatic carboxylic acids is 1. The number of H-pyrrole nitrogens is 1. The fourth-order valence-electron chi connectivity index (χ4n) is 1.78. The Morgan fingerprint density at radius 3 is 2.61 bits per heavy atom. The second kappa shape index (κ2) is 4.75. The summed E-state index contributed by atoms with van der Waals surface area (Å²) >= 11 is 0. The van der Waals surface area contributed by atoms with Gasteiger partial charge in [0, 0.05) is 16.5 Å². The standard InChI is InChI=1S/C13H11NO4/c15-11(16)7-3-5-9-8-4-1-2-6-10(8)14-12(9)13(17)18/h1-6,14H,7H2,(H,15,16)(H,17,18). The van der Waals surface area contributed by atoms with Crippen molar-refractivity contribution in [2.24, 2.45) is 0 Å². The summed E-state index contributed by atoms with van der Waals surface area (Å²) in [6, 6.07) is 7.17. The molecule has 2 rings (SSSR count). The molecule has 18 heavy (non-hydrogen) atoms. The van der Waals surface area contributed by atoms with E-state index in [1.807, 2.05) is 0 Å². The fraction of sp³-hybridized carbons (Fsp3) is 0.0769. The van der Waals surface area contributed by atoms with Gasteiger partial charge in [-0.05, 0) is 6.07 Å². The number of nitrogens with one attached hydrogen (secondary N) is 1. The van der Waals surface area contributed by atoms with Gasteiger partial charge in [-0.15, -0.1) is 0 Å². The Balaban J connectivity index is 2.51. The van der Waals surface area contributed by atoms with Crippen LogP contribution in [-0.4, -0.2) is 27.1 Å². The number of fused-ring (bicyclic) bond motifs is 1. The van der Waals surface area contributed by atoms with Crippen LogP contribution in [0.5, 0.6) is 0 Å². The van der Waals surface area contributed by atoms with Crippen LogP contribution in [-0.2, 0) is 4.79 Å². The van der Waals surface area contributed by atoms with E-state index in [9.17, 15) is 9.59 Å². The van der Waals surface area contributed by atoms with Crippen LogP contribution in [0.2, 0.25) is 0 Å². The van der Waals surface area contributed by atoms with Crippen LogP contribution in [0.4, 0.5) is 0 Å². The van der Waals surface area contributed by atoms with E-state index in [1.165, 1.54) is 12.2 Å². The SMILES string of the molecule is O=C(O)CC=Cc1c(C(=O)O)[nH]c2ccccc12. The number of rotatable bonds is 4. The van der Waals surface area contributed by atoms with Gasteiger partial charge in [-0.3, -0.25) is 4.79 Å². The molecular weight excluding hydrogens is 234 g/mol. The molecule has 0 radical (unpaired) electrons. The molecule has 0 bridgehead atoms. The Morgan fingerprint density at radius 1 is 1.22 bits per heavy atom. The molecular formula is C13H11NO4. The lowest BCUT2D eigenvalue weighted by atomic mass is 10.1. The number of hydrogen-bond donors (Lipinski definition) is 3. The Labute approximate surface area is 102 Å². The minimum atomic E-state index is -1.07. The zero-order chi connectivity index (χ0) is 13.1. The van der Waals surface area contributed by atoms with Gasteiger partial charge in [-0.1, -0.05) is 30.4 Å². The normalized spacial score (nSPS) is 11.1. The molecule has 5 heteroatoms. The lowest BCUT2D eigenvalue weighted by molar-refractivity contribution is -0.135. The van der Waals surface area contributed by atoms with Crippen molar-refractivity contribution in [3.05, 3.63) is 41.6 Å². The maximum absolute atomic E-state index is 11.1. The number of aromatic nitrogens is 1. The lowest BCUT2D eigenvalue weighted by Crippen LogP contribution is -1.98. The van der Waals surface area contributed by atoms with E-state index in [4.69, 9.17) is 10.2 Å². The average molecular weight is 245 g/mol. The Hall–Kier alpha value is -2.56. The number of hydrogen-bond acceptors (Lipinski definition) is 2. The van der Waals surface area contributed by atoms with Crippen molar-refractivity contribution in [3.8, 4) is 0 Å². The van der Waals surface area contributed by atoms with Crippen molar-refractivity contribution in [1.82, 2.24) is 4.98 Å². The highest BCUT2D eigenvalue weighted by Gasteiger charge is 2.14. The number of aromatic amines is 1. The summed E-state index contributed by atoms with van der Waals surface area (Å²) in [6.07, 6.45) is 2.82. The summed E-state index contributed by atoms with van der Waals surface area (Å²) < 4.78 is 0. The summed E-state index contributed by atoms with van der Waals surface area (Å²) in [4.78, 5) is 24.3. The molecule has 0 aliphatic rings. The van der Waals surface area contributed by atoms with Crippen molar-refractivity contribution < 1.29 is 19.8 Å². The van der Waals surface area contributed by atoms with Crippen LogP contribution < -0.4 is 0 Å². The van der Waals surface area contributed by atoms with Gasteiger partial charge < -0.3 is 15.2 Å². The van der Waals surface area contributed by atoms with Gasteiger partial charge in [0.25, 0.3) is 0 Å². The minimum absolute atomic E-state index is 0.0674. The van der Waals surface area contributed by atoms with Gasteiger partial charge in [0.05, 0.1) is 6.42 Å². The summed E-state index contributed by atoms with van der Waals surface area (Å²) in [6.45, 7) is 0. The number of benzene rings is 1. The van der Waals surface area contributed by atoms with Gasteiger partial charge in [0.2, 0.25) is 0 Å². The molecule has 2 aromatic rings. The van der Waals surface area contributed by atoms with E-state index < -0.39 is 11.9 Å². The minimum Gasteiger partial charge on any atom is -0.481 e. The third kappa shape index (κ3) is 2.24. The summed E-state index contributed by atoms with van der Waals surface area (Å²) in [5.41, 5.74) is 1.28. The molecule has 0 atom stereocenters. The molecule has 1 heterocycles. The Bertz CT molecular complexity index is 639. The number of aliphatic carboxylic acids is 1. The fourth-order valence-corrected chi connectivity index (χ4v) is 1.78. The van der Waals surface area contributed by atoms with Crippen LogP contribution in [0.1, 0.15) is 22.5 Å². The average Bonchev–Trinajstić information content (AvgIpc) is 2.68. The number of carbonyl (C=O) groups is 2. The second-order valence-electron chi connectivity index (χ2n) is 3.76. The highest BCUT2D eigenvalue weighted by Crippen LogP contribution is 2.23.